The van der Waals surface area contributed by atoms with E-state index in [0.29, 0.717) is 13.0 Å². The minimum atomic E-state index is -0.0114. The summed E-state index contributed by atoms with van der Waals surface area (Å²) in [5.74, 6) is -0.0114. The van der Waals surface area contributed by atoms with Gasteiger partial charge < -0.3 is 4.74 Å². The fraction of sp³-hybridized carbons (Fsp3) is 0.708. The molecule has 0 N–H and O–H groups in total. The second kappa shape index (κ2) is 21.7. The highest BCUT2D eigenvalue weighted by atomic mass is 16.5. The molecule has 2 nitrogen and oxygen atoms in total. The highest BCUT2D eigenvalue weighted by Gasteiger charge is 2.02. The van der Waals surface area contributed by atoms with Gasteiger partial charge in [-0.25, -0.2) is 0 Å². The first-order valence-corrected chi connectivity index (χ1v) is 10.9. The van der Waals surface area contributed by atoms with Crippen LogP contribution in [0.5, 0.6) is 0 Å². The Hall–Kier alpha value is -1.31. The van der Waals surface area contributed by atoms with Crippen molar-refractivity contribution in [2.75, 3.05) is 6.61 Å². The standard InChI is InChI=1S/C24H42O2/c1-3-5-7-9-10-11-12-13-14-15-16-17-18-19-20-22-24(25)26-23-21-8-6-4-2/h5,7,10-11,13-14H,3-4,6,8-9,12,15-23H2,1-2H3/b7-5-,11-10-,14-13-. The van der Waals surface area contributed by atoms with Crippen LogP contribution in [0.1, 0.15) is 104 Å². The van der Waals surface area contributed by atoms with Crippen LogP contribution >= 0.6 is 0 Å². The number of hydrogen-bond acceptors (Lipinski definition) is 2. The lowest BCUT2D eigenvalue weighted by atomic mass is 10.1. The number of esters is 1. The number of unbranched alkanes of at least 4 members (excludes halogenated alkanes) is 8. The Morgan fingerprint density at radius 3 is 2.04 bits per heavy atom. The molecular formula is C24H42O2. The molecule has 0 aromatic carbocycles. The van der Waals surface area contributed by atoms with Gasteiger partial charge in [0.2, 0.25) is 0 Å². The lowest BCUT2D eigenvalue weighted by molar-refractivity contribution is -0.143. The summed E-state index contributed by atoms with van der Waals surface area (Å²) in [5, 5.41) is 0. The summed E-state index contributed by atoms with van der Waals surface area (Å²) in [4.78, 5) is 11.6. The normalized spacial score (nSPS) is 11.9. The van der Waals surface area contributed by atoms with Gasteiger partial charge in [0.1, 0.15) is 0 Å². The van der Waals surface area contributed by atoms with Crippen LogP contribution in [0.3, 0.4) is 0 Å². The molecule has 0 atom stereocenters. The van der Waals surface area contributed by atoms with Gasteiger partial charge in [-0.15, -0.1) is 0 Å². The fourth-order valence-corrected chi connectivity index (χ4v) is 2.68. The molecule has 0 aliphatic rings. The van der Waals surface area contributed by atoms with Crippen molar-refractivity contribution < 1.29 is 9.53 Å². The molecule has 0 fully saturated rings. The Labute approximate surface area is 162 Å². The maximum absolute atomic E-state index is 11.6. The maximum atomic E-state index is 11.6. The first kappa shape index (κ1) is 24.7. The first-order valence-electron chi connectivity index (χ1n) is 10.9. The van der Waals surface area contributed by atoms with Crippen LogP contribution in [0, 0.1) is 0 Å². The van der Waals surface area contributed by atoms with Crippen molar-refractivity contribution in [2.24, 2.45) is 0 Å². The van der Waals surface area contributed by atoms with Crippen LogP contribution in [0.2, 0.25) is 0 Å². The number of carbonyl (C=O) groups excluding carboxylic acids is 1. The zero-order chi connectivity index (χ0) is 19.1. The summed E-state index contributed by atoms with van der Waals surface area (Å²) in [5.41, 5.74) is 0. The minimum Gasteiger partial charge on any atom is -0.466 e. The van der Waals surface area contributed by atoms with E-state index in [1.54, 1.807) is 0 Å². The van der Waals surface area contributed by atoms with E-state index < -0.39 is 0 Å². The van der Waals surface area contributed by atoms with Crippen molar-refractivity contribution >= 4 is 5.97 Å². The van der Waals surface area contributed by atoms with Crippen LogP contribution in [0.25, 0.3) is 0 Å². The Bertz CT molecular complexity index is 380. The van der Waals surface area contributed by atoms with Gasteiger partial charge in [0.05, 0.1) is 6.61 Å². The number of hydrogen-bond donors (Lipinski definition) is 0. The third-order valence-corrected chi connectivity index (χ3v) is 4.29. The molecule has 0 aromatic rings. The first-order chi connectivity index (χ1) is 12.8. The second-order valence-electron chi connectivity index (χ2n) is 6.88. The van der Waals surface area contributed by atoms with E-state index in [1.807, 2.05) is 0 Å². The van der Waals surface area contributed by atoms with Crippen molar-refractivity contribution in [2.45, 2.75) is 104 Å². The van der Waals surface area contributed by atoms with Crippen molar-refractivity contribution in [3.8, 4) is 0 Å². The molecule has 0 bridgehead atoms. The van der Waals surface area contributed by atoms with Crippen LogP contribution < -0.4 is 0 Å². The van der Waals surface area contributed by atoms with Gasteiger partial charge in [-0.2, -0.15) is 0 Å². The highest BCUT2D eigenvalue weighted by molar-refractivity contribution is 5.69. The van der Waals surface area contributed by atoms with Crippen molar-refractivity contribution in [3.63, 3.8) is 0 Å². The molecule has 0 aliphatic carbocycles. The molecule has 2 heteroatoms. The van der Waals surface area contributed by atoms with Gasteiger partial charge in [0.25, 0.3) is 0 Å². The number of allylic oxidation sites excluding steroid dienone is 6. The van der Waals surface area contributed by atoms with E-state index in [4.69, 9.17) is 4.74 Å². The molecule has 0 heterocycles. The lowest BCUT2D eigenvalue weighted by Crippen LogP contribution is -2.05. The van der Waals surface area contributed by atoms with Gasteiger partial charge in [0, 0.05) is 6.42 Å². The van der Waals surface area contributed by atoms with E-state index >= 15 is 0 Å². The Morgan fingerprint density at radius 2 is 1.31 bits per heavy atom. The van der Waals surface area contributed by atoms with Gasteiger partial charge in [-0.05, 0) is 44.9 Å². The van der Waals surface area contributed by atoms with E-state index in [1.165, 1.54) is 44.9 Å². The van der Waals surface area contributed by atoms with E-state index in [0.717, 1.165) is 38.5 Å². The summed E-state index contributed by atoms with van der Waals surface area (Å²) < 4.78 is 5.25. The SMILES string of the molecule is CC/C=C\C/C=C\C/C=C\CCCCCCCC(=O)OCCCCCC. The summed E-state index contributed by atoms with van der Waals surface area (Å²) in [6.45, 7) is 4.96. The summed E-state index contributed by atoms with van der Waals surface area (Å²) in [6.07, 6.45) is 28.9. The fourth-order valence-electron chi connectivity index (χ4n) is 2.68. The predicted octanol–water partition coefficient (Wildman–Crippen LogP) is 7.70. The molecule has 0 aliphatic heterocycles. The van der Waals surface area contributed by atoms with Crippen LogP contribution in [-0.2, 0) is 9.53 Å². The summed E-state index contributed by atoms with van der Waals surface area (Å²) in [6, 6.07) is 0. The van der Waals surface area contributed by atoms with Crippen LogP contribution in [0.4, 0.5) is 0 Å². The molecule has 26 heavy (non-hydrogen) atoms. The summed E-state index contributed by atoms with van der Waals surface area (Å²) in [7, 11) is 0. The number of carbonyl (C=O) groups is 1. The zero-order valence-electron chi connectivity index (χ0n) is 17.4. The van der Waals surface area contributed by atoms with E-state index in [9.17, 15) is 4.79 Å². The van der Waals surface area contributed by atoms with Gasteiger partial charge in [0.15, 0.2) is 0 Å². The Morgan fingerprint density at radius 1 is 0.692 bits per heavy atom. The predicted molar refractivity (Wildman–Crippen MR) is 114 cm³/mol. The monoisotopic (exact) mass is 362 g/mol. The van der Waals surface area contributed by atoms with Crippen molar-refractivity contribution in [3.05, 3.63) is 36.5 Å². The van der Waals surface area contributed by atoms with Crippen molar-refractivity contribution in [1.82, 2.24) is 0 Å². The average molecular weight is 363 g/mol. The molecule has 0 saturated heterocycles. The minimum absolute atomic E-state index is 0.0114. The molecule has 150 valence electrons. The summed E-state index contributed by atoms with van der Waals surface area (Å²) >= 11 is 0. The molecule has 0 saturated carbocycles. The smallest absolute Gasteiger partial charge is 0.305 e. The third-order valence-electron chi connectivity index (χ3n) is 4.29. The van der Waals surface area contributed by atoms with Crippen LogP contribution in [-0.4, -0.2) is 12.6 Å². The molecule has 0 amide bonds. The largest absolute Gasteiger partial charge is 0.466 e. The van der Waals surface area contributed by atoms with Gasteiger partial charge in [-0.3, -0.25) is 4.79 Å². The highest BCUT2D eigenvalue weighted by Crippen LogP contribution is 2.09. The van der Waals surface area contributed by atoms with E-state index in [-0.39, 0.29) is 5.97 Å². The molecule has 0 aromatic heterocycles. The average Bonchev–Trinajstić information content (AvgIpc) is 2.64. The second-order valence-corrected chi connectivity index (χ2v) is 6.88. The maximum Gasteiger partial charge on any atom is 0.305 e. The molecule has 0 rings (SSSR count). The third kappa shape index (κ3) is 20.7. The number of rotatable bonds is 18. The lowest BCUT2D eigenvalue weighted by Gasteiger charge is -2.04. The van der Waals surface area contributed by atoms with Gasteiger partial charge in [-0.1, -0.05) is 88.8 Å². The zero-order valence-corrected chi connectivity index (χ0v) is 17.4. The van der Waals surface area contributed by atoms with Crippen molar-refractivity contribution in [1.29, 1.82) is 0 Å². The number of ether oxygens (including phenoxy) is 1. The molecular weight excluding hydrogens is 320 g/mol. The molecule has 0 radical (unpaired) electrons. The van der Waals surface area contributed by atoms with Crippen LogP contribution in [0.15, 0.2) is 36.5 Å². The molecule has 0 spiro atoms. The topological polar surface area (TPSA) is 26.3 Å². The molecule has 0 unspecified atom stereocenters. The Balaban J connectivity index is 3.29. The quantitative estimate of drug-likeness (QED) is 0.142. The van der Waals surface area contributed by atoms with E-state index in [2.05, 4.69) is 50.3 Å². The Kier molecular flexibility index (Phi) is 20.6. The van der Waals surface area contributed by atoms with Gasteiger partial charge >= 0.3 is 5.97 Å².